The van der Waals surface area contributed by atoms with E-state index in [1.54, 1.807) is 41.1 Å². The molecule has 0 aliphatic heterocycles. The first-order valence-corrected chi connectivity index (χ1v) is 17.2. The van der Waals surface area contributed by atoms with E-state index in [4.69, 9.17) is 10.2 Å². The minimum Gasteiger partial charge on any atom is -0.478 e. The second-order valence-electron chi connectivity index (χ2n) is 13.1. The van der Waals surface area contributed by atoms with Crippen molar-refractivity contribution < 1.29 is 39.5 Å². The Labute approximate surface area is 304 Å². The van der Waals surface area contributed by atoms with Crippen LogP contribution in [0.3, 0.4) is 0 Å². The van der Waals surface area contributed by atoms with Crippen molar-refractivity contribution in [3.05, 3.63) is 93.6 Å². The monoisotopic (exact) mass is 724 g/mol. The number of aromatic carboxylic acids is 2. The van der Waals surface area contributed by atoms with Crippen LogP contribution in [0.4, 0.5) is 4.39 Å². The Kier molecular flexibility index (Phi) is 15.2. The van der Waals surface area contributed by atoms with Gasteiger partial charge in [-0.3, -0.25) is 0 Å². The molecule has 14 heteroatoms. The second kappa shape index (κ2) is 18.8. The van der Waals surface area contributed by atoms with Crippen LogP contribution in [0.5, 0.6) is 0 Å². The summed E-state index contributed by atoms with van der Waals surface area (Å²) >= 11 is 0. The molecule has 52 heavy (non-hydrogen) atoms. The van der Waals surface area contributed by atoms with Crippen LogP contribution >= 0.6 is 0 Å². The van der Waals surface area contributed by atoms with Gasteiger partial charge in [0.1, 0.15) is 11.3 Å². The zero-order valence-electron chi connectivity index (χ0n) is 28.0. The zero-order chi connectivity index (χ0) is 35.7. The van der Waals surface area contributed by atoms with Gasteiger partial charge in [0.15, 0.2) is 5.67 Å². The highest BCUT2D eigenvalue weighted by Gasteiger charge is 2.40. The van der Waals surface area contributed by atoms with Crippen molar-refractivity contribution in [1.82, 2.24) is 30.0 Å². The maximum absolute atomic E-state index is 16.1. The fourth-order valence-corrected chi connectivity index (χ4v) is 7.01. The van der Waals surface area contributed by atoms with E-state index in [9.17, 15) is 24.9 Å². The maximum atomic E-state index is 16.1. The number of aryl methyl sites for hydroxylation is 1. The molecule has 0 saturated carbocycles. The number of carbonyl (C=O) groups is 2. The maximum Gasteiger partial charge on any atom is 0.335 e. The van der Waals surface area contributed by atoms with Crippen LogP contribution in [0.15, 0.2) is 48.5 Å². The Morgan fingerprint density at radius 1 is 0.692 bits per heavy atom. The van der Waals surface area contributed by atoms with Crippen LogP contribution in [-0.2, 0) is 50.0 Å². The Hall–Kier alpha value is -4.53. The first kappa shape index (κ1) is 41.9. The number of nitrogens with zero attached hydrogens (tertiary/aromatic N) is 6. The molecule has 0 fully saturated rings. The third kappa shape index (κ3) is 9.87. The van der Waals surface area contributed by atoms with Crippen molar-refractivity contribution in [2.45, 2.75) is 116 Å². The molecule has 2 heterocycles. The largest absolute Gasteiger partial charge is 0.478 e. The molecule has 0 saturated heterocycles. The van der Waals surface area contributed by atoms with E-state index in [-0.39, 0.29) is 52.2 Å². The van der Waals surface area contributed by atoms with E-state index in [2.05, 4.69) is 20.6 Å². The van der Waals surface area contributed by atoms with Gasteiger partial charge in [0.2, 0.25) is 0 Å². The minimum absolute atomic E-state index is 0. The molecular weight excluding hydrogens is 671 g/mol. The summed E-state index contributed by atoms with van der Waals surface area (Å²) in [6.45, 7) is 0.432. The predicted molar refractivity (Wildman–Crippen MR) is 193 cm³/mol. The SMILES string of the molecule is C.C.O=C(O)c1ccc(CC2(F)CCCCCc3nnn(CCO)c32)cc1.O=C(O)c1ccc(CC2(O)CCCCCc3c2nnn3CCO)cc1. The topological polar surface area (TPSA) is 197 Å². The van der Waals surface area contributed by atoms with Crippen LogP contribution < -0.4 is 0 Å². The Morgan fingerprint density at radius 2 is 1.21 bits per heavy atom. The van der Waals surface area contributed by atoms with E-state index >= 15 is 4.39 Å². The smallest absolute Gasteiger partial charge is 0.335 e. The number of aromatic nitrogens is 6. The minimum atomic E-state index is -1.63. The summed E-state index contributed by atoms with van der Waals surface area (Å²) in [5.74, 6) is -1.97. The molecule has 2 unspecified atom stereocenters. The number of aliphatic hydroxyl groups excluding tert-OH is 2. The van der Waals surface area contributed by atoms with Crippen molar-refractivity contribution in [1.29, 1.82) is 0 Å². The Morgan fingerprint density at radius 3 is 1.79 bits per heavy atom. The van der Waals surface area contributed by atoms with Crippen LogP contribution in [0.2, 0.25) is 0 Å². The van der Waals surface area contributed by atoms with Gasteiger partial charge < -0.3 is 25.5 Å². The van der Waals surface area contributed by atoms with Crippen LogP contribution in [0.1, 0.15) is 121 Å². The van der Waals surface area contributed by atoms with Crippen molar-refractivity contribution >= 4 is 11.9 Å². The molecular formula is C38H53FN6O7. The fraction of sp³-hybridized carbons (Fsp3) is 0.526. The van der Waals surface area contributed by atoms with E-state index in [0.29, 0.717) is 49.3 Å². The molecule has 0 spiro atoms. The van der Waals surface area contributed by atoms with Gasteiger partial charge in [0, 0.05) is 12.8 Å². The lowest BCUT2D eigenvalue weighted by molar-refractivity contribution is 0.0180. The van der Waals surface area contributed by atoms with Crippen LogP contribution in [-0.4, -0.2) is 80.7 Å². The molecule has 284 valence electrons. The number of hydrogen-bond acceptors (Lipinski definition) is 9. The van der Waals surface area contributed by atoms with Gasteiger partial charge in [0.25, 0.3) is 0 Å². The number of hydrogen-bond donors (Lipinski definition) is 5. The van der Waals surface area contributed by atoms with Crippen molar-refractivity contribution in [3.8, 4) is 0 Å². The highest BCUT2D eigenvalue weighted by molar-refractivity contribution is 5.88. The predicted octanol–water partition coefficient (Wildman–Crippen LogP) is 5.28. The van der Waals surface area contributed by atoms with Crippen molar-refractivity contribution in [2.24, 2.45) is 0 Å². The summed E-state index contributed by atoms with van der Waals surface area (Å²) in [5, 5.41) is 64.3. The number of carboxylic acid groups (broad SMARTS) is 2. The first-order chi connectivity index (χ1) is 24.1. The van der Waals surface area contributed by atoms with E-state index in [1.165, 1.54) is 16.8 Å². The number of fused-ring (bicyclic) bond motifs is 2. The molecule has 4 aromatic rings. The third-order valence-electron chi connectivity index (χ3n) is 9.50. The number of halogens is 1. The summed E-state index contributed by atoms with van der Waals surface area (Å²) < 4.78 is 19.2. The molecule has 0 radical (unpaired) electrons. The lowest BCUT2D eigenvalue weighted by atomic mass is 9.82. The molecule has 2 aliphatic rings. The number of rotatable bonds is 10. The van der Waals surface area contributed by atoms with Gasteiger partial charge >= 0.3 is 11.9 Å². The molecule has 2 atom stereocenters. The van der Waals surface area contributed by atoms with Gasteiger partial charge in [-0.2, -0.15) is 0 Å². The zero-order valence-corrected chi connectivity index (χ0v) is 28.0. The normalized spacial score (nSPS) is 19.8. The molecule has 5 N–H and O–H groups in total. The van der Waals surface area contributed by atoms with Gasteiger partial charge in [0.05, 0.1) is 54.5 Å². The lowest BCUT2D eigenvalue weighted by Crippen LogP contribution is -2.32. The van der Waals surface area contributed by atoms with Crippen molar-refractivity contribution in [2.75, 3.05) is 13.2 Å². The summed E-state index contributed by atoms with van der Waals surface area (Å²) in [5.41, 5.74) is 1.84. The molecule has 6 rings (SSSR count). The van der Waals surface area contributed by atoms with Gasteiger partial charge in [-0.25, -0.2) is 23.3 Å². The first-order valence-electron chi connectivity index (χ1n) is 17.2. The van der Waals surface area contributed by atoms with Crippen LogP contribution in [0.25, 0.3) is 0 Å². The average molecular weight is 725 g/mol. The quantitative estimate of drug-likeness (QED) is 0.143. The fourth-order valence-electron chi connectivity index (χ4n) is 7.01. The van der Waals surface area contributed by atoms with Crippen LogP contribution in [0, 0.1) is 0 Å². The number of benzene rings is 2. The summed E-state index contributed by atoms with van der Waals surface area (Å²) in [6.07, 6.45) is 8.49. The molecule has 0 bridgehead atoms. The third-order valence-corrected chi connectivity index (χ3v) is 9.50. The molecule has 2 aliphatic carbocycles. The number of alkyl halides is 1. The second-order valence-corrected chi connectivity index (χ2v) is 13.1. The van der Waals surface area contributed by atoms with E-state index in [1.807, 2.05) is 0 Å². The number of aliphatic hydroxyl groups is 3. The molecule has 0 amide bonds. The van der Waals surface area contributed by atoms with Crippen molar-refractivity contribution in [3.63, 3.8) is 0 Å². The van der Waals surface area contributed by atoms with Gasteiger partial charge in [-0.05, 0) is 80.3 Å². The Balaban J connectivity index is 0.000000270. The highest BCUT2D eigenvalue weighted by Crippen LogP contribution is 2.39. The van der Waals surface area contributed by atoms with E-state index < -0.39 is 23.2 Å². The van der Waals surface area contributed by atoms with Gasteiger partial charge in [-0.15, -0.1) is 10.2 Å². The summed E-state index contributed by atoms with van der Waals surface area (Å²) in [6, 6.07) is 12.9. The van der Waals surface area contributed by atoms with E-state index in [0.717, 1.165) is 61.8 Å². The lowest BCUT2D eigenvalue weighted by Gasteiger charge is -2.29. The molecule has 2 aromatic carbocycles. The highest BCUT2D eigenvalue weighted by atomic mass is 19.1. The summed E-state index contributed by atoms with van der Waals surface area (Å²) in [4.78, 5) is 22.0. The molecule has 13 nitrogen and oxygen atoms in total. The molecule has 2 aromatic heterocycles. The standard InChI is InChI=1S/C18H22FN3O3.C18H23N3O4.2CH4/c19-18(12-13-5-7-14(8-6-13)17(24)25)9-3-1-2-4-15-16(18)22(10-11-23)21-20-15;22-11-10-21-15-4-2-1-3-9-18(25,16(15)19-20-21)12-13-5-7-14(8-6-13)17(23)24;;/h5-8,23H,1-4,9-12H2,(H,24,25);5-8,22,25H,1-4,9-12H2,(H,23,24);2*1H4. The summed E-state index contributed by atoms with van der Waals surface area (Å²) in [7, 11) is 0. The number of carboxylic acids is 2. The Bertz CT molecular complexity index is 1730. The average Bonchev–Trinajstić information content (AvgIpc) is 3.68. The van der Waals surface area contributed by atoms with Gasteiger partial charge in [-0.1, -0.05) is 68.8 Å².